The summed E-state index contributed by atoms with van der Waals surface area (Å²) in [5.74, 6) is 0.787. The molecule has 6 heteroatoms. The van der Waals surface area contributed by atoms with Crippen LogP contribution >= 0.6 is 0 Å². The van der Waals surface area contributed by atoms with Crippen molar-refractivity contribution >= 4 is 5.69 Å². The zero-order chi connectivity index (χ0) is 14.1. The van der Waals surface area contributed by atoms with Gasteiger partial charge in [0.2, 0.25) is 0 Å². The average Bonchev–Trinajstić information content (AvgIpc) is 2.85. The van der Waals surface area contributed by atoms with E-state index in [1.807, 2.05) is 36.7 Å². The van der Waals surface area contributed by atoms with Crippen molar-refractivity contribution in [1.29, 1.82) is 0 Å². The first-order valence-electron chi connectivity index (χ1n) is 6.95. The molecule has 0 spiro atoms. The molecule has 3 rings (SSSR count). The van der Waals surface area contributed by atoms with E-state index in [1.165, 1.54) is 0 Å². The Kier molecular flexibility index (Phi) is 3.40. The molecule has 1 aromatic heterocycles. The van der Waals surface area contributed by atoms with Gasteiger partial charge >= 0.3 is 0 Å². The van der Waals surface area contributed by atoms with Gasteiger partial charge in [0.15, 0.2) is 5.82 Å². The van der Waals surface area contributed by atoms with Gasteiger partial charge in [-0.15, -0.1) is 5.10 Å². The molecule has 0 amide bonds. The van der Waals surface area contributed by atoms with E-state index in [2.05, 4.69) is 15.5 Å². The highest BCUT2D eigenvalue weighted by atomic mass is 16.5. The van der Waals surface area contributed by atoms with Gasteiger partial charge in [-0.25, -0.2) is 4.68 Å². The van der Waals surface area contributed by atoms with Crippen LogP contribution in [0.15, 0.2) is 18.2 Å². The minimum Gasteiger partial charge on any atom is -0.398 e. The quantitative estimate of drug-likeness (QED) is 0.862. The number of benzene rings is 1. The first-order chi connectivity index (χ1) is 9.70. The number of aromatic nitrogens is 4. The van der Waals surface area contributed by atoms with Crippen LogP contribution in [-0.2, 0) is 4.74 Å². The molecule has 1 aromatic carbocycles. The molecule has 0 saturated heterocycles. The Morgan fingerprint density at radius 1 is 1.40 bits per heavy atom. The zero-order valence-corrected chi connectivity index (χ0v) is 11.8. The third-order valence-electron chi connectivity index (χ3n) is 3.93. The molecule has 1 aliphatic carbocycles. The van der Waals surface area contributed by atoms with Crippen molar-refractivity contribution in [2.75, 3.05) is 12.3 Å². The summed E-state index contributed by atoms with van der Waals surface area (Å²) < 4.78 is 7.49. The zero-order valence-electron chi connectivity index (χ0n) is 11.8. The fourth-order valence-corrected chi connectivity index (χ4v) is 2.62. The van der Waals surface area contributed by atoms with Gasteiger partial charge < -0.3 is 10.5 Å². The molecule has 1 aliphatic rings. The lowest BCUT2D eigenvalue weighted by atomic mass is 9.89. The Bertz CT molecular complexity index is 603. The van der Waals surface area contributed by atoms with Crippen molar-refractivity contribution in [1.82, 2.24) is 20.2 Å². The highest BCUT2D eigenvalue weighted by molar-refractivity contribution is 5.67. The van der Waals surface area contributed by atoms with E-state index in [1.54, 1.807) is 0 Å². The van der Waals surface area contributed by atoms with Gasteiger partial charge in [-0.2, -0.15) is 0 Å². The summed E-state index contributed by atoms with van der Waals surface area (Å²) >= 11 is 0. The number of anilines is 1. The summed E-state index contributed by atoms with van der Waals surface area (Å²) in [6.45, 7) is 4.77. The molecule has 0 unspecified atom stereocenters. The highest BCUT2D eigenvalue weighted by Crippen LogP contribution is 2.36. The molecule has 1 heterocycles. The maximum Gasteiger partial charge on any atom is 0.182 e. The molecular formula is C14H19N5O. The van der Waals surface area contributed by atoms with E-state index in [4.69, 9.17) is 10.5 Å². The van der Waals surface area contributed by atoms with Gasteiger partial charge in [0.25, 0.3) is 0 Å². The predicted octanol–water partition coefficient (Wildman–Crippen LogP) is 1.97. The fraction of sp³-hybridized carbons (Fsp3) is 0.500. The van der Waals surface area contributed by atoms with Crippen molar-refractivity contribution in [3.63, 3.8) is 0 Å². The van der Waals surface area contributed by atoms with Crippen LogP contribution in [0.1, 0.15) is 31.4 Å². The van der Waals surface area contributed by atoms with Gasteiger partial charge in [-0.05, 0) is 48.7 Å². The Balaban J connectivity index is 1.86. The second-order valence-corrected chi connectivity index (χ2v) is 5.17. The monoisotopic (exact) mass is 273 g/mol. The number of nitrogen functional groups attached to an aromatic ring is 1. The van der Waals surface area contributed by atoms with Gasteiger partial charge in [-0.3, -0.25) is 0 Å². The van der Waals surface area contributed by atoms with Gasteiger partial charge in [0, 0.05) is 17.9 Å². The first-order valence-corrected chi connectivity index (χ1v) is 6.95. The first kappa shape index (κ1) is 13.1. The van der Waals surface area contributed by atoms with E-state index in [-0.39, 0.29) is 0 Å². The lowest BCUT2D eigenvalue weighted by molar-refractivity contribution is -0.0227. The Labute approximate surface area is 117 Å². The fourth-order valence-electron chi connectivity index (χ4n) is 2.62. The molecule has 2 aromatic rings. The van der Waals surface area contributed by atoms with Crippen LogP contribution < -0.4 is 5.73 Å². The van der Waals surface area contributed by atoms with Crippen LogP contribution in [0.4, 0.5) is 5.69 Å². The normalized spacial score (nSPS) is 21.7. The van der Waals surface area contributed by atoms with Crippen LogP contribution in [0.5, 0.6) is 0 Å². The van der Waals surface area contributed by atoms with Crippen LogP contribution in [0, 0.1) is 6.92 Å². The van der Waals surface area contributed by atoms with E-state index in [0.717, 1.165) is 42.1 Å². The third kappa shape index (κ3) is 2.16. The van der Waals surface area contributed by atoms with E-state index >= 15 is 0 Å². The van der Waals surface area contributed by atoms with Gasteiger partial charge in [-0.1, -0.05) is 12.1 Å². The second kappa shape index (κ2) is 5.20. The van der Waals surface area contributed by atoms with Crippen LogP contribution in [0.3, 0.4) is 0 Å². The summed E-state index contributed by atoms with van der Waals surface area (Å²) in [5, 5.41) is 12.1. The van der Waals surface area contributed by atoms with Gasteiger partial charge in [0.1, 0.15) is 0 Å². The molecular weight excluding hydrogens is 254 g/mol. The maximum absolute atomic E-state index is 5.96. The summed E-state index contributed by atoms with van der Waals surface area (Å²) in [5.41, 5.74) is 8.74. The van der Waals surface area contributed by atoms with Crippen molar-refractivity contribution < 1.29 is 4.74 Å². The molecule has 106 valence electrons. The molecule has 1 saturated carbocycles. The Hall–Kier alpha value is -1.95. The minimum absolute atomic E-state index is 0.317. The lowest BCUT2D eigenvalue weighted by Crippen LogP contribution is -2.34. The van der Waals surface area contributed by atoms with Crippen LogP contribution in [0.2, 0.25) is 0 Å². The largest absolute Gasteiger partial charge is 0.398 e. The van der Waals surface area contributed by atoms with Crippen molar-refractivity contribution in [3.8, 4) is 11.4 Å². The summed E-state index contributed by atoms with van der Waals surface area (Å²) in [4.78, 5) is 0. The van der Waals surface area contributed by atoms with E-state index < -0.39 is 0 Å². The van der Waals surface area contributed by atoms with Crippen molar-refractivity contribution in [2.24, 2.45) is 0 Å². The number of ether oxygens (including phenoxy) is 1. The number of rotatable bonds is 4. The predicted molar refractivity (Wildman–Crippen MR) is 76.1 cm³/mol. The lowest BCUT2D eigenvalue weighted by Gasteiger charge is -2.34. The molecule has 1 fully saturated rings. The SMILES string of the molecule is CCOC1CC(n2nnnc2-c2cccc(N)c2C)C1. The number of hydrogen-bond donors (Lipinski definition) is 1. The summed E-state index contributed by atoms with van der Waals surface area (Å²) in [6, 6.07) is 6.14. The van der Waals surface area contributed by atoms with E-state index in [0.29, 0.717) is 12.1 Å². The highest BCUT2D eigenvalue weighted by Gasteiger charge is 2.33. The minimum atomic E-state index is 0.317. The molecule has 0 radical (unpaired) electrons. The smallest absolute Gasteiger partial charge is 0.182 e. The summed E-state index contributed by atoms with van der Waals surface area (Å²) in [6.07, 6.45) is 2.27. The van der Waals surface area contributed by atoms with Gasteiger partial charge in [0.05, 0.1) is 12.1 Å². The topological polar surface area (TPSA) is 78.8 Å². The summed E-state index contributed by atoms with van der Waals surface area (Å²) in [7, 11) is 0. The van der Waals surface area contributed by atoms with Crippen LogP contribution in [0.25, 0.3) is 11.4 Å². The molecule has 0 aliphatic heterocycles. The molecule has 20 heavy (non-hydrogen) atoms. The third-order valence-corrected chi connectivity index (χ3v) is 3.93. The Morgan fingerprint density at radius 2 is 2.20 bits per heavy atom. The number of nitrogens with two attached hydrogens (primary N) is 1. The number of tetrazole rings is 1. The van der Waals surface area contributed by atoms with Crippen molar-refractivity contribution in [2.45, 2.75) is 38.8 Å². The molecule has 0 atom stereocenters. The standard InChI is InChI=1S/C14H19N5O/c1-3-20-11-7-10(8-11)19-14(16-17-18-19)12-5-4-6-13(15)9(12)2/h4-6,10-11H,3,7-8,15H2,1-2H3. The molecule has 0 bridgehead atoms. The maximum atomic E-state index is 5.96. The van der Waals surface area contributed by atoms with E-state index in [9.17, 15) is 0 Å². The molecule has 2 N–H and O–H groups in total. The number of nitrogens with zero attached hydrogens (tertiary/aromatic N) is 4. The second-order valence-electron chi connectivity index (χ2n) is 5.17. The Morgan fingerprint density at radius 3 is 2.95 bits per heavy atom. The molecule has 6 nitrogen and oxygen atoms in total. The average molecular weight is 273 g/mol. The van der Waals surface area contributed by atoms with Crippen LogP contribution in [-0.4, -0.2) is 32.9 Å². The van der Waals surface area contributed by atoms with Crippen molar-refractivity contribution in [3.05, 3.63) is 23.8 Å². The number of hydrogen-bond acceptors (Lipinski definition) is 5.